The summed E-state index contributed by atoms with van der Waals surface area (Å²) in [6, 6.07) is 12.2. The van der Waals surface area contributed by atoms with Gasteiger partial charge in [-0.05, 0) is 29.5 Å². The molecule has 1 unspecified atom stereocenters. The van der Waals surface area contributed by atoms with Crippen LogP contribution in [0.4, 0.5) is 0 Å². The fourth-order valence-corrected chi connectivity index (χ4v) is 2.44. The van der Waals surface area contributed by atoms with Crippen LogP contribution in [0.2, 0.25) is 0 Å². The van der Waals surface area contributed by atoms with Crippen molar-refractivity contribution in [2.75, 3.05) is 7.11 Å². The van der Waals surface area contributed by atoms with Gasteiger partial charge in [0.1, 0.15) is 5.75 Å². The van der Waals surface area contributed by atoms with Crippen molar-refractivity contribution in [3.8, 4) is 5.75 Å². The Morgan fingerprint density at radius 3 is 2.75 bits per heavy atom. The smallest absolute Gasteiger partial charge is 0.122 e. The number of nitrogens with two attached hydrogens (primary N) is 1. The van der Waals surface area contributed by atoms with E-state index in [0.717, 1.165) is 17.7 Å². The van der Waals surface area contributed by atoms with Crippen molar-refractivity contribution in [3.63, 3.8) is 0 Å². The van der Waals surface area contributed by atoms with E-state index in [1.165, 1.54) is 4.88 Å². The molecule has 0 saturated heterocycles. The van der Waals surface area contributed by atoms with Crippen LogP contribution >= 0.6 is 11.3 Å². The summed E-state index contributed by atoms with van der Waals surface area (Å²) < 4.78 is 5.31. The topological polar surface area (TPSA) is 35.2 Å². The van der Waals surface area contributed by atoms with Crippen LogP contribution in [0.15, 0.2) is 41.8 Å². The quantitative estimate of drug-likeness (QED) is 0.881. The van der Waals surface area contributed by atoms with Gasteiger partial charge >= 0.3 is 0 Å². The Morgan fingerprint density at radius 2 is 2.06 bits per heavy atom. The molecule has 3 heteroatoms. The molecule has 0 saturated carbocycles. The van der Waals surface area contributed by atoms with Gasteiger partial charge in [-0.1, -0.05) is 24.3 Å². The van der Waals surface area contributed by atoms with Crippen LogP contribution in [-0.2, 0) is 6.42 Å². The van der Waals surface area contributed by atoms with Gasteiger partial charge in [0.25, 0.3) is 0 Å². The summed E-state index contributed by atoms with van der Waals surface area (Å²) in [7, 11) is 1.69. The maximum atomic E-state index is 6.15. The maximum absolute atomic E-state index is 6.15. The van der Waals surface area contributed by atoms with Crippen LogP contribution in [-0.4, -0.2) is 7.11 Å². The SMILES string of the molecule is COc1ccccc1CC(N)c1cccs1. The van der Waals surface area contributed by atoms with E-state index in [4.69, 9.17) is 10.5 Å². The van der Waals surface area contributed by atoms with Crippen LogP contribution in [0, 0.1) is 0 Å². The predicted octanol–water partition coefficient (Wildman–Crippen LogP) is 3.00. The molecular weight excluding hydrogens is 218 g/mol. The second-order valence-corrected chi connectivity index (χ2v) is 4.62. The second kappa shape index (κ2) is 5.14. The summed E-state index contributed by atoms with van der Waals surface area (Å²) in [6.07, 6.45) is 0.810. The lowest BCUT2D eigenvalue weighted by molar-refractivity contribution is 0.408. The molecule has 2 nitrogen and oxygen atoms in total. The van der Waals surface area contributed by atoms with Crippen molar-refractivity contribution in [3.05, 3.63) is 52.2 Å². The maximum Gasteiger partial charge on any atom is 0.122 e. The number of methoxy groups -OCH3 is 1. The lowest BCUT2D eigenvalue weighted by atomic mass is 10.0. The molecule has 2 N–H and O–H groups in total. The monoisotopic (exact) mass is 233 g/mol. The Bertz CT molecular complexity index is 439. The van der Waals surface area contributed by atoms with E-state index >= 15 is 0 Å². The van der Waals surface area contributed by atoms with E-state index in [-0.39, 0.29) is 6.04 Å². The lowest BCUT2D eigenvalue weighted by Gasteiger charge is -2.12. The minimum atomic E-state index is 0.0521. The highest BCUT2D eigenvalue weighted by atomic mass is 32.1. The van der Waals surface area contributed by atoms with Crippen molar-refractivity contribution in [2.45, 2.75) is 12.5 Å². The van der Waals surface area contributed by atoms with E-state index in [1.54, 1.807) is 18.4 Å². The number of hydrogen-bond donors (Lipinski definition) is 1. The Labute approximate surface area is 99.7 Å². The van der Waals surface area contributed by atoms with Gasteiger partial charge in [0, 0.05) is 10.9 Å². The molecule has 0 aliphatic carbocycles. The van der Waals surface area contributed by atoms with Crippen LogP contribution in [0.1, 0.15) is 16.5 Å². The number of para-hydroxylation sites is 1. The van der Waals surface area contributed by atoms with E-state index in [0.29, 0.717) is 0 Å². The normalized spacial score (nSPS) is 12.4. The highest BCUT2D eigenvalue weighted by molar-refractivity contribution is 7.10. The molecule has 2 aromatic rings. The number of rotatable bonds is 4. The van der Waals surface area contributed by atoms with Gasteiger partial charge in [0.2, 0.25) is 0 Å². The number of hydrogen-bond acceptors (Lipinski definition) is 3. The van der Waals surface area contributed by atoms with Gasteiger partial charge < -0.3 is 10.5 Å². The molecule has 0 aliphatic heterocycles. The molecule has 0 amide bonds. The molecule has 0 radical (unpaired) electrons. The van der Waals surface area contributed by atoms with Gasteiger partial charge in [0.15, 0.2) is 0 Å². The average molecular weight is 233 g/mol. The summed E-state index contributed by atoms with van der Waals surface area (Å²) in [4.78, 5) is 1.21. The number of ether oxygens (including phenoxy) is 1. The van der Waals surface area contributed by atoms with Gasteiger partial charge in [-0.25, -0.2) is 0 Å². The summed E-state index contributed by atoms with van der Waals surface area (Å²) in [5.74, 6) is 0.912. The second-order valence-electron chi connectivity index (χ2n) is 3.64. The molecule has 0 fully saturated rings. The van der Waals surface area contributed by atoms with Crippen molar-refractivity contribution in [1.29, 1.82) is 0 Å². The molecule has 0 bridgehead atoms. The Hall–Kier alpha value is -1.32. The van der Waals surface area contributed by atoms with Crippen molar-refractivity contribution in [2.24, 2.45) is 5.73 Å². The molecule has 84 valence electrons. The summed E-state index contributed by atoms with van der Waals surface area (Å²) in [5, 5.41) is 2.05. The van der Waals surface area contributed by atoms with Crippen molar-refractivity contribution in [1.82, 2.24) is 0 Å². The van der Waals surface area contributed by atoms with E-state index in [1.807, 2.05) is 24.3 Å². The Balaban J connectivity index is 2.14. The van der Waals surface area contributed by atoms with Crippen LogP contribution in [0.5, 0.6) is 5.75 Å². The van der Waals surface area contributed by atoms with Gasteiger partial charge in [0.05, 0.1) is 7.11 Å². The van der Waals surface area contributed by atoms with Crippen LogP contribution in [0.3, 0.4) is 0 Å². The third-order valence-electron chi connectivity index (χ3n) is 2.54. The summed E-state index contributed by atoms with van der Waals surface area (Å²) in [5.41, 5.74) is 7.31. The van der Waals surface area contributed by atoms with Gasteiger partial charge in [-0.15, -0.1) is 11.3 Å². The minimum absolute atomic E-state index is 0.0521. The zero-order valence-corrected chi connectivity index (χ0v) is 10.0. The largest absolute Gasteiger partial charge is 0.496 e. The van der Waals surface area contributed by atoms with E-state index in [9.17, 15) is 0 Å². The average Bonchev–Trinajstić information content (AvgIpc) is 2.83. The fraction of sp³-hybridized carbons (Fsp3) is 0.231. The highest BCUT2D eigenvalue weighted by Crippen LogP contribution is 2.25. The minimum Gasteiger partial charge on any atom is -0.496 e. The molecular formula is C13H15NOS. The summed E-state index contributed by atoms with van der Waals surface area (Å²) >= 11 is 1.70. The van der Waals surface area contributed by atoms with Crippen molar-refractivity contribution >= 4 is 11.3 Å². The van der Waals surface area contributed by atoms with Crippen LogP contribution in [0.25, 0.3) is 0 Å². The van der Waals surface area contributed by atoms with E-state index in [2.05, 4.69) is 17.5 Å². The molecule has 1 atom stereocenters. The summed E-state index contributed by atoms with van der Waals surface area (Å²) in [6.45, 7) is 0. The fourth-order valence-electron chi connectivity index (χ4n) is 1.71. The predicted molar refractivity (Wildman–Crippen MR) is 67.9 cm³/mol. The van der Waals surface area contributed by atoms with Crippen LogP contribution < -0.4 is 10.5 Å². The first kappa shape index (κ1) is 11.2. The lowest BCUT2D eigenvalue weighted by Crippen LogP contribution is -2.12. The first-order valence-corrected chi connectivity index (χ1v) is 6.10. The van der Waals surface area contributed by atoms with E-state index < -0.39 is 0 Å². The Kier molecular flexibility index (Phi) is 3.59. The first-order valence-electron chi connectivity index (χ1n) is 5.22. The molecule has 2 rings (SSSR count). The zero-order valence-electron chi connectivity index (χ0n) is 9.22. The molecule has 1 aromatic heterocycles. The third kappa shape index (κ3) is 2.43. The molecule has 16 heavy (non-hydrogen) atoms. The molecule has 0 aliphatic rings. The zero-order chi connectivity index (χ0) is 11.4. The highest BCUT2D eigenvalue weighted by Gasteiger charge is 2.10. The van der Waals surface area contributed by atoms with Crippen molar-refractivity contribution < 1.29 is 4.74 Å². The standard InChI is InChI=1S/C13H15NOS/c1-15-12-6-3-2-5-10(12)9-11(14)13-7-4-8-16-13/h2-8,11H,9,14H2,1H3. The first-order chi connectivity index (χ1) is 7.81. The molecule has 0 spiro atoms. The molecule has 1 heterocycles. The number of benzene rings is 1. The van der Waals surface area contributed by atoms with Gasteiger partial charge in [-0.3, -0.25) is 0 Å². The third-order valence-corrected chi connectivity index (χ3v) is 3.55. The molecule has 1 aromatic carbocycles. The number of thiophene rings is 1. The Morgan fingerprint density at radius 1 is 1.25 bits per heavy atom. The van der Waals surface area contributed by atoms with Gasteiger partial charge in [-0.2, -0.15) is 0 Å².